The summed E-state index contributed by atoms with van der Waals surface area (Å²) in [5.41, 5.74) is 2.20. The van der Waals surface area contributed by atoms with Crippen LogP contribution in [-0.2, 0) is 13.0 Å². The summed E-state index contributed by atoms with van der Waals surface area (Å²) in [5.74, 6) is 1.02. The van der Waals surface area contributed by atoms with Crippen LogP contribution in [0.15, 0.2) is 30.6 Å². The fourth-order valence-electron chi connectivity index (χ4n) is 1.96. The van der Waals surface area contributed by atoms with E-state index in [9.17, 15) is 0 Å². The van der Waals surface area contributed by atoms with Crippen LogP contribution in [0.5, 0.6) is 0 Å². The number of benzene rings is 1. The van der Waals surface area contributed by atoms with E-state index >= 15 is 0 Å². The maximum absolute atomic E-state index is 6.31. The molecule has 17 heavy (non-hydrogen) atoms. The molecule has 2 aromatic rings. The molecule has 0 bridgehead atoms. The highest BCUT2D eigenvalue weighted by Crippen LogP contribution is 2.25. The number of para-hydroxylation sites is 1. The lowest BCUT2D eigenvalue weighted by Gasteiger charge is -2.14. The minimum atomic E-state index is 0.755. The van der Waals surface area contributed by atoms with Crippen molar-refractivity contribution >= 4 is 11.6 Å². The Bertz CT molecular complexity index is 505. The average Bonchev–Trinajstić information content (AvgIpc) is 2.77. The first kappa shape index (κ1) is 12.1. The van der Waals surface area contributed by atoms with Crippen molar-refractivity contribution in [3.05, 3.63) is 47.0 Å². The first-order chi connectivity index (χ1) is 8.27. The number of hydrogen-bond acceptors (Lipinski definition) is 2. The third kappa shape index (κ3) is 2.35. The lowest BCUT2D eigenvalue weighted by Crippen LogP contribution is -2.10. The summed E-state index contributed by atoms with van der Waals surface area (Å²) < 4.78 is 2.06. The Labute approximate surface area is 106 Å². The van der Waals surface area contributed by atoms with Crippen LogP contribution in [0.25, 0.3) is 5.69 Å². The zero-order valence-electron chi connectivity index (χ0n) is 10.1. The maximum Gasteiger partial charge on any atom is 0.112 e. The summed E-state index contributed by atoms with van der Waals surface area (Å²) in [6.45, 7) is 2.88. The largest absolute Gasteiger partial charge is 0.316 e. The molecule has 3 nitrogen and oxygen atoms in total. The Morgan fingerprint density at radius 3 is 2.94 bits per heavy atom. The van der Waals surface area contributed by atoms with Gasteiger partial charge >= 0.3 is 0 Å². The average molecular weight is 250 g/mol. The molecule has 90 valence electrons. The molecule has 0 unspecified atom stereocenters. The van der Waals surface area contributed by atoms with E-state index in [1.165, 1.54) is 5.56 Å². The second kappa shape index (κ2) is 5.34. The highest BCUT2D eigenvalue weighted by molar-refractivity contribution is 6.32. The SMILES string of the molecule is CCc1nccn1-c1c(Cl)cccc1CNC. The van der Waals surface area contributed by atoms with Crippen LogP contribution in [0.3, 0.4) is 0 Å². The highest BCUT2D eigenvalue weighted by atomic mass is 35.5. The van der Waals surface area contributed by atoms with Gasteiger partial charge in [-0.05, 0) is 18.7 Å². The smallest absolute Gasteiger partial charge is 0.112 e. The first-order valence-corrected chi connectivity index (χ1v) is 6.10. The molecule has 2 rings (SSSR count). The maximum atomic E-state index is 6.31. The summed E-state index contributed by atoms with van der Waals surface area (Å²) in [5, 5.41) is 3.91. The molecule has 1 aromatic heterocycles. The zero-order chi connectivity index (χ0) is 12.3. The van der Waals surface area contributed by atoms with Crippen molar-refractivity contribution in [2.45, 2.75) is 19.9 Å². The Morgan fingerprint density at radius 1 is 1.41 bits per heavy atom. The molecule has 0 saturated carbocycles. The second-order valence-corrected chi connectivity index (χ2v) is 4.25. The van der Waals surface area contributed by atoms with Crippen molar-refractivity contribution in [2.75, 3.05) is 7.05 Å². The van der Waals surface area contributed by atoms with Crippen molar-refractivity contribution < 1.29 is 0 Å². The van der Waals surface area contributed by atoms with Crippen molar-refractivity contribution in [3.8, 4) is 5.69 Å². The molecule has 4 heteroatoms. The molecule has 0 aliphatic rings. The first-order valence-electron chi connectivity index (χ1n) is 5.72. The van der Waals surface area contributed by atoms with Gasteiger partial charge in [0.15, 0.2) is 0 Å². The lowest BCUT2D eigenvalue weighted by atomic mass is 10.1. The summed E-state index contributed by atoms with van der Waals surface area (Å²) in [6.07, 6.45) is 4.65. The minimum Gasteiger partial charge on any atom is -0.316 e. The number of imidazole rings is 1. The molecule has 1 aromatic carbocycles. The molecule has 0 saturated heterocycles. The highest BCUT2D eigenvalue weighted by Gasteiger charge is 2.11. The van der Waals surface area contributed by atoms with E-state index in [4.69, 9.17) is 11.6 Å². The van der Waals surface area contributed by atoms with Gasteiger partial charge in [-0.15, -0.1) is 0 Å². The van der Waals surface area contributed by atoms with Crippen LogP contribution < -0.4 is 5.32 Å². The van der Waals surface area contributed by atoms with Crippen molar-refractivity contribution in [1.82, 2.24) is 14.9 Å². The van der Waals surface area contributed by atoms with E-state index in [0.717, 1.165) is 29.5 Å². The molecule has 0 fully saturated rings. The predicted molar refractivity (Wildman–Crippen MR) is 70.7 cm³/mol. The molecule has 1 N–H and O–H groups in total. The number of halogens is 1. The summed E-state index contributed by atoms with van der Waals surface area (Å²) in [7, 11) is 1.93. The topological polar surface area (TPSA) is 29.9 Å². The number of rotatable bonds is 4. The van der Waals surface area contributed by atoms with E-state index < -0.39 is 0 Å². The van der Waals surface area contributed by atoms with E-state index in [-0.39, 0.29) is 0 Å². The van der Waals surface area contributed by atoms with Crippen LogP contribution in [0.4, 0.5) is 0 Å². The van der Waals surface area contributed by atoms with Gasteiger partial charge in [0.1, 0.15) is 5.82 Å². The molecule has 1 heterocycles. The third-order valence-corrected chi connectivity index (χ3v) is 3.02. The quantitative estimate of drug-likeness (QED) is 0.903. The van der Waals surface area contributed by atoms with E-state index in [2.05, 4.69) is 27.9 Å². The van der Waals surface area contributed by atoms with Gasteiger partial charge in [0.05, 0.1) is 10.7 Å². The van der Waals surface area contributed by atoms with Gasteiger partial charge in [-0.1, -0.05) is 30.7 Å². The molecule has 0 atom stereocenters. The fraction of sp³-hybridized carbons (Fsp3) is 0.308. The van der Waals surface area contributed by atoms with Gasteiger partial charge in [0, 0.05) is 25.4 Å². The fourth-order valence-corrected chi connectivity index (χ4v) is 2.25. The summed E-state index contributed by atoms with van der Waals surface area (Å²) >= 11 is 6.31. The van der Waals surface area contributed by atoms with Gasteiger partial charge in [-0.3, -0.25) is 0 Å². The van der Waals surface area contributed by atoms with Crippen LogP contribution in [-0.4, -0.2) is 16.6 Å². The van der Waals surface area contributed by atoms with Crippen LogP contribution in [0.2, 0.25) is 5.02 Å². The summed E-state index contributed by atoms with van der Waals surface area (Å²) in [4.78, 5) is 4.34. The Morgan fingerprint density at radius 2 is 2.24 bits per heavy atom. The van der Waals surface area contributed by atoms with Crippen LogP contribution >= 0.6 is 11.6 Å². The Hall–Kier alpha value is -1.32. The molecule has 0 radical (unpaired) electrons. The minimum absolute atomic E-state index is 0.755. The number of hydrogen-bond donors (Lipinski definition) is 1. The van der Waals surface area contributed by atoms with Gasteiger partial charge in [-0.2, -0.15) is 0 Å². The summed E-state index contributed by atoms with van der Waals surface area (Å²) in [6, 6.07) is 5.97. The predicted octanol–water partition coefficient (Wildman–Crippen LogP) is 2.81. The molecular formula is C13H16ClN3. The van der Waals surface area contributed by atoms with E-state index in [0.29, 0.717) is 0 Å². The van der Waals surface area contributed by atoms with Crippen molar-refractivity contribution in [3.63, 3.8) is 0 Å². The monoisotopic (exact) mass is 249 g/mol. The standard InChI is InChI=1S/C13H16ClN3/c1-3-12-16-7-8-17(12)13-10(9-15-2)5-4-6-11(13)14/h4-8,15H,3,9H2,1-2H3. The molecule has 0 amide bonds. The normalized spacial score (nSPS) is 10.8. The van der Waals surface area contributed by atoms with Crippen LogP contribution in [0, 0.1) is 0 Å². The third-order valence-electron chi connectivity index (χ3n) is 2.71. The number of nitrogens with zero attached hydrogens (tertiary/aromatic N) is 2. The zero-order valence-corrected chi connectivity index (χ0v) is 10.8. The molecular weight excluding hydrogens is 234 g/mol. The van der Waals surface area contributed by atoms with E-state index in [1.54, 1.807) is 0 Å². The van der Waals surface area contributed by atoms with Crippen LogP contribution in [0.1, 0.15) is 18.3 Å². The second-order valence-electron chi connectivity index (χ2n) is 3.84. The van der Waals surface area contributed by atoms with Gasteiger partial charge in [-0.25, -0.2) is 4.98 Å². The van der Waals surface area contributed by atoms with Crippen molar-refractivity contribution in [2.24, 2.45) is 0 Å². The van der Waals surface area contributed by atoms with Crippen molar-refractivity contribution in [1.29, 1.82) is 0 Å². The Balaban J connectivity index is 2.57. The van der Waals surface area contributed by atoms with Gasteiger partial charge < -0.3 is 9.88 Å². The molecule has 0 aliphatic carbocycles. The van der Waals surface area contributed by atoms with Gasteiger partial charge in [0.2, 0.25) is 0 Å². The number of aromatic nitrogens is 2. The number of nitrogens with one attached hydrogen (secondary N) is 1. The van der Waals surface area contributed by atoms with Gasteiger partial charge in [0.25, 0.3) is 0 Å². The van der Waals surface area contributed by atoms with E-state index in [1.807, 2.05) is 31.6 Å². The molecule has 0 aliphatic heterocycles. The lowest BCUT2D eigenvalue weighted by molar-refractivity contribution is 0.798. The Kier molecular flexibility index (Phi) is 3.82. The molecule has 0 spiro atoms. The number of aryl methyl sites for hydroxylation is 1.